The molecule has 0 saturated carbocycles. The Hall–Kier alpha value is -4.22. The van der Waals surface area contributed by atoms with Gasteiger partial charge >= 0.3 is 14.0 Å². The number of unbranched alkanes of at least 4 members (excludes halogenated alkanes) is 2. The van der Waals surface area contributed by atoms with Crippen LogP contribution in [-0.2, 0) is 49.0 Å². The van der Waals surface area contributed by atoms with Crippen LogP contribution in [0.3, 0.4) is 0 Å². The highest BCUT2D eigenvalue weighted by Gasteiger charge is 2.60. The molecule has 328 valence electrons. The van der Waals surface area contributed by atoms with E-state index in [0.717, 1.165) is 59.4 Å². The highest BCUT2D eigenvalue weighted by atomic mass is 31.2. The molecule has 3 fully saturated rings. The first-order chi connectivity index (χ1) is 29.6. The van der Waals surface area contributed by atoms with Crippen molar-refractivity contribution in [3.8, 4) is 17.2 Å². The van der Waals surface area contributed by atoms with Crippen molar-refractivity contribution in [2.75, 3.05) is 26.2 Å². The summed E-state index contributed by atoms with van der Waals surface area (Å²) in [5.41, 5.74) is 4.16. The van der Waals surface area contributed by atoms with Gasteiger partial charge in [-0.25, -0.2) is 4.79 Å². The lowest BCUT2D eigenvalue weighted by Gasteiger charge is -2.37. The van der Waals surface area contributed by atoms with Gasteiger partial charge in [0.2, 0.25) is 0 Å². The number of nitrogens with zero attached hydrogens (tertiary/aromatic N) is 2. The number of urea groups is 1. The molecule has 12 heteroatoms. The van der Waals surface area contributed by atoms with Crippen molar-refractivity contribution < 1.29 is 42.1 Å². The normalized spacial score (nSPS) is 24.5. The third kappa shape index (κ3) is 11.6. The van der Waals surface area contributed by atoms with Crippen LogP contribution in [-0.4, -0.2) is 78.4 Å². The molecule has 3 heterocycles. The third-order valence-electron chi connectivity index (χ3n) is 11.3. The van der Waals surface area contributed by atoms with E-state index >= 15 is 4.79 Å². The van der Waals surface area contributed by atoms with Crippen LogP contribution in [0.4, 0.5) is 4.79 Å². The molecule has 0 unspecified atom stereocenters. The third-order valence-corrected chi connectivity index (χ3v) is 13.6. The molecule has 0 aliphatic carbocycles. The van der Waals surface area contributed by atoms with E-state index in [1.807, 2.05) is 92.1 Å². The highest BCUT2D eigenvalue weighted by molar-refractivity contribution is 7.62. The minimum atomic E-state index is -2.51. The van der Waals surface area contributed by atoms with Crippen molar-refractivity contribution >= 4 is 14.0 Å². The molecule has 7 rings (SSSR count). The van der Waals surface area contributed by atoms with Crippen LogP contribution >= 0.6 is 7.94 Å². The predicted octanol–water partition coefficient (Wildman–Crippen LogP) is 10.8. The molecule has 3 aliphatic rings. The average molecular weight is 856 g/mol. The fourth-order valence-electron chi connectivity index (χ4n) is 8.27. The van der Waals surface area contributed by atoms with Crippen LogP contribution < -0.4 is 14.2 Å². The smallest absolute Gasteiger partial charge is 0.457 e. The van der Waals surface area contributed by atoms with Gasteiger partial charge in [-0.1, -0.05) is 93.4 Å². The largest absolute Gasteiger partial charge is 0.494 e. The van der Waals surface area contributed by atoms with Crippen LogP contribution in [0.1, 0.15) is 89.5 Å². The Morgan fingerprint density at radius 1 is 0.607 bits per heavy atom. The lowest BCUT2D eigenvalue weighted by molar-refractivity contribution is -0.157. The number of hydrogen-bond donors (Lipinski definition) is 0. The zero-order chi connectivity index (χ0) is 42.8. The first-order valence-corrected chi connectivity index (χ1v) is 23.8. The zero-order valence-corrected chi connectivity index (χ0v) is 37.6. The van der Waals surface area contributed by atoms with E-state index in [9.17, 15) is 0 Å². The molecule has 11 nitrogen and oxygen atoms in total. The number of fused-ring (bicyclic) bond motifs is 1. The first kappa shape index (κ1) is 44.8. The lowest BCUT2D eigenvalue weighted by Crippen LogP contribution is -2.51. The number of amides is 2. The van der Waals surface area contributed by atoms with E-state index in [-0.39, 0.29) is 30.8 Å². The summed E-state index contributed by atoms with van der Waals surface area (Å²) < 4.78 is 49.6. The van der Waals surface area contributed by atoms with Crippen molar-refractivity contribution in [2.24, 2.45) is 0 Å². The summed E-state index contributed by atoms with van der Waals surface area (Å²) in [6, 6.07) is 33.9. The Morgan fingerprint density at radius 2 is 1.05 bits per heavy atom. The van der Waals surface area contributed by atoms with Crippen LogP contribution in [0.25, 0.3) is 0 Å². The van der Waals surface area contributed by atoms with Crippen molar-refractivity contribution in [3.05, 3.63) is 125 Å². The van der Waals surface area contributed by atoms with Gasteiger partial charge in [0.1, 0.15) is 29.5 Å². The van der Waals surface area contributed by atoms with Crippen LogP contribution in [0.15, 0.2) is 103 Å². The fourth-order valence-corrected chi connectivity index (χ4v) is 10.2. The Morgan fingerprint density at radius 3 is 1.49 bits per heavy atom. The standard InChI is InChI=1S/C49H64N2O9P/c1-7-10-29-53-41-25-19-39(20-26-41)33-50-44(31-37-15-13-12-14-16-37)46-47(58-49(5,6)57-46)45(51(48(50)52)34-40-21-27-42(28-22-40)54-30-11-8-2)32-38-17-23-43(24-18-38)55-35-61(56-9-3)59-36(4)60-61/h12-28,36,44-47H,7-11,29-35H2,1-6H3/q+1/t36?,44-,45-,46+,47+,61?/m1/s1. The summed E-state index contributed by atoms with van der Waals surface area (Å²) >= 11 is 0. The average Bonchev–Trinajstić information content (AvgIpc) is 3.55. The van der Waals surface area contributed by atoms with Crippen molar-refractivity contribution in [2.45, 2.75) is 130 Å². The predicted molar refractivity (Wildman–Crippen MR) is 238 cm³/mol. The Bertz CT molecular complexity index is 1950. The van der Waals surface area contributed by atoms with E-state index in [1.54, 1.807) is 0 Å². The molecule has 4 atom stereocenters. The van der Waals surface area contributed by atoms with E-state index in [4.69, 9.17) is 37.3 Å². The number of ether oxygens (including phenoxy) is 5. The second kappa shape index (κ2) is 20.8. The van der Waals surface area contributed by atoms with Crippen LogP contribution in [0.2, 0.25) is 0 Å². The van der Waals surface area contributed by atoms with E-state index in [0.29, 0.717) is 51.5 Å². The summed E-state index contributed by atoms with van der Waals surface area (Å²) in [7, 11) is -2.51. The van der Waals surface area contributed by atoms with Gasteiger partial charge in [0.25, 0.3) is 12.6 Å². The summed E-state index contributed by atoms with van der Waals surface area (Å²) in [5.74, 6) is 1.44. The van der Waals surface area contributed by atoms with E-state index in [1.165, 1.54) is 0 Å². The molecular formula is C49H64N2O9P+. The molecular weight excluding hydrogens is 792 g/mol. The molecule has 4 aromatic carbocycles. The molecule has 2 amide bonds. The second-order valence-corrected chi connectivity index (χ2v) is 18.7. The zero-order valence-electron chi connectivity index (χ0n) is 36.7. The van der Waals surface area contributed by atoms with Crippen molar-refractivity contribution in [1.82, 2.24) is 9.80 Å². The molecule has 3 aliphatic heterocycles. The number of rotatable bonds is 21. The van der Waals surface area contributed by atoms with Crippen molar-refractivity contribution in [1.29, 1.82) is 0 Å². The Balaban J connectivity index is 1.23. The maximum Gasteiger partial charge on any atom is 0.457 e. The van der Waals surface area contributed by atoms with Gasteiger partial charge in [-0.05, 0) is 112 Å². The summed E-state index contributed by atoms with van der Waals surface area (Å²) in [4.78, 5) is 19.6. The Kier molecular flexibility index (Phi) is 15.3. The van der Waals surface area contributed by atoms with Gasteiger partial charge in [0.05, 0.1) is 31.9 Å². The molecule has 0 bridgehead atoms. The monoisotopic (exact) mass is 855 g/mol. The fraction of sp³-hybridized carbons (Fsp3) is 0.490. The maximum absolute atomic E-state index is 15.6. The van der Waals surface area contributed by atoms with Gasteiger partial charge < -0.3 is 33.5 Å². The lowest BCUT2D eigenvalue weighted by atomic mass is 9.91. The SMILES string of the molecule is CCCCOc1ccc(CN2C(=O)N(Cc3ccc(OCCCC)cc3)[C@H](Cc3ccc(OC[P+]4(OCC)OC(C)O4)cc3)[C@@H]3OC(C)(C)O[C@H]3[C@H]2Cc2ccccc2)cc1. The quantitative estimate of drug-likeness (QED) is 0.0599. The highest BCUT2D eigenvalue weighted by Crippen LogP contribution is 2.70. The number of hydrogen-bond acceptors (Lipinski definition) is 9. The summed E-state index contributed by atoms with van der Waals surface area (Å²) in [5, 5.41) is 0. The molecule has 0 radical (unpaired) electrons. The van der Waals surface area contributed by atoms with E-state index < -0.39 is 25.9 Å². The van der Waals surface area contributed by atoms with Crippen LogP contribution in [0, 0.1) is 0 Å². The van der Waals surface area contributed by atoms with Gasteiger partial charge in [0, 0.05) is 13.1 Å². The topological polar surface area (TPSA) is 97.4 Å². The number of benzene rings is 4. The minimum absolute atomic E-state index is 0.0725. The second-order valence-electron chi connectivity index (χ2n) is 16.5. The molecule has 3 saturated heterocycles. The number of carbonyl (C=O) groups is 1. The van der Waals surface area contributed by atoms with Gasteiger partial charge in [0.15, 0.2) is 5.79 Å². The summed E-state index contributed by atoms with van der Waals surface area (Å²) in [6.07, 6.45) is 4.28. The minimum Gasteiger partial charge on any atom is -0.494 e. The maximum atomic E-state index is 15.6. The Labute approximate surface area is 363 Å². The van der Waals surface area contributed by atoms with Gasteiger partial charge in [-0.15, -0.1) is 9.05 Å². The van der Waals surface area contributed by atoms with Gasteiger partial charge in [-0.3, -0.25) is 0 Å². The van der Waals surface area contributed by atoms with Crippen molar-refractivity contribution in [3.63, 3.8) is 0 Å². The molecule has 4 aromatic rings. The number of carbonyl (C=O) groups excluding carboxylic acids is 1. The molecule has 0 N–H and O–H groups in total. The molecule has 0 spiro atoms. The van der Waals surface area contributed by atoms with E-state index in [2.05, 4.69) is 62.4 Å². The molecule has 61 heavy (non-hydrogen) atoms. The summed E-state index contributed by atoms with van der Waals surface area (Å²) in [6.45, 7) is 14.6. The first-order valence-electron chi connectivity index (χ1n) is 22.1. The van der Waals surface area contributed by atoms with Crippen LogP contribution in [0.5, 0.6) is 17.2 Å². The van der Waals surface area contributed by atoms with Gasteiger partial charge in [-0.2, -0.15) is 4.52 Å². The molecule has 0 aromatic heterocycles.